The Morgan fingerprint density at radius 3 is 2.67 bits per heavy atom. The Morgan fingerprint density at radius 2 is 1.97 bits per heavy atom. The zero-order valence-corrected chi connectivity index (χ0v) is 19.6. The van der Waals surface area contributed by atoms with Gasteiger partial charge in [-0.25, -0.2) is 9.78 Å². The fourth-order valence-corrected chi connectivity index (χ4v) is 5.07. The van der Waals surface area contributed by atoms with Crippen LogP contribution in [0.25, 0.3) is 11.0 Å². The summed E-state index contributed by atoms with van der Waals surface area (Å²) in [7, 11) is 0. The summed E-state index contributed by atoms with van der Waals surface area (Å²) in [4.78, 5) is 56.2. The highest BCUT2D eigenvalue weighted by atomic mass is 32.1. The monoisotopic (exact) mass is 503 g/mol. The molecule has 3 heterocycles. The minimum absolute atomic E-state index is 0.00994. The van der Waals surface area contributed by atoms with Gasteiger partial charge in [-0.3, -0.25) is 24.6 Å². The molecule has 180 valence electrons. The van der Waals surface area contributed by atoms with Crippen molar-refractivity contribution in [1.29, 1.82) is 0 Å². The van der Waals surface area contributed by atoms with Gasteiger partial charge in [-0.2, -0.15) is 0 Å². The number of fused-ring (bicyclic) bond motifs is 2. The normalized spacial score (nSPS) is 14.6. The predicted molar refractivity (Wildman–Crippen MR) is 132 cm³/mol. The number of non-ortho nitro benzene ring substituents is 1. The summed E-state index contributed by atoms with van der Waals surface area (Å²) in [5, 5.41) is 11.6. The van der Waals surface area contributed by atoms with Gasteiger partial charge in [-0.15, -0.1) is 0 Å². The van der Waals surface area contributed by atoms with E-state index >= 15 is 0 Å². The van der Waals surface area contributed by atoms with Crippen molar-refractivity contribution in [3.8, 4) is 0 Å². The van der Waals surface area contributed by atoms with Crippen molar-refractivity contribution in [3.63, 3.8) is 0 Å². The Bertz CT molecular complexity index is 1620. The van der Waals surface area contributed by atoms with E-state index < -0.39 is 28.3 Å². The molecule has 0 saturated carbocycles. The number of benzene rings is 2. The van der Waals surface area contributed by atoms with Gasteiger partial charge in [-0.05, 0) is 36.8 Å². The van der Waals surface area contributed by atoms with Crippen molar-refractivity contribution < 1.29 is 23.7 Å². The molecule has 0 fully saturated rings. The first-order valence-electron chi connectivity index (χ1n) is 10.7. The van der Waals surface area contributed by atoms with E-state index in [1.54, 1.807) is 31.2 Å². The summed E-state index contributed by atoms with van der Waals surface area (Å²) in [6.07, 6.45) is 1.43. The topological polar surface area (TPSA) is 133 Å². The second-order valence-electron chi connectivity index (χ2n) is 7.89. The Morgan fingerprint density at radius 1 is 1.25 bits per heavy atom. The lowest BCUT2D eigenvalue weighted by Gasteiger charge is -2.22. The van der Waals surface area contributed by atoms with E-state index in [9.17, 15) is 24.5 Å². The first-order valence-corrected chi connectivity index (χ1v) is 11.5. The van der Waals surface area contributed by atoms with Crippen molar-refractivity contribution >= 4 is 45.0 Å². The van der Waals surface area contributed by atoms with Crippen LogP contribution in [0.15, 0.2) is 70.4 Å². The Balaban J connectivity index is 1.70. The third-order valence-corrected chi connectivity index (χ3v) is 6.84. The van der Waals surface area contributed by atoms with Crippen molar-refractivity contribution in [3.05, 3.63) is 109 Å². The number of aryl methyl sites for hydroxylation is 1. The number of carbonyl (C=O) groups excluding carboxylic acids is 2. The summed E-state index contributed by atoms with van der Waals surface area (Å²) < 4.78 is 11.0. The van der Waals surface area contributed by atoms with E-state index in [4.69, 9.17) is 9.15 Å². The molecule has 0 radical (unpaired) electrons. The molecule has 1 unspecified atom stereocenters. The number of hydrogen-bond donors (Lipinski definition) is 0. The van der Waals surface area contributed by atoms with Crippen LogP contribution in [-0.4, -0.2) is 28.4 Å². The molecule has 2 aromatic heterocycles. The van der Waals surface area contributed by atoms with Gasteiger partial charge in [0, 0.05) is 12.1 Å². The van der Waals surface area contributed by atoms with E-state index in [0.717, 1.165) is 11.3 Å². The van der Waals surface area contributed by atoms with Gasteiger partial charge in [0.1, 0.15) is 17.1 Å². The number of nitro groups is 1. The highest BCUT2D eigenvalue weighted by Crippen LogP contribution is 2.43. The van der Waals surface area contributed by atoms with Crippen molar-refractivity contribution in [1.82, 2.24) is 4.98 Å². The number of carbonyl (C=O) groups is 2. The number of nitrogens with zero attached hydrogens (tertiary/aromatic N) is 3. The molecule has 10 nitrogen and oxygen atoms in total. The Labute approximate surface area is 207 Å². The second-order valence-corrected chi connectivity index (χ2v) is 8.87. The number of hydrogen-bond acceptors (Lipinski definition) is 9. The molecule has 1 atom stereocenters. The molecule has 4 aromatic rings. The lowest BCUT2D eigenvalue weighted by atomic mass is 9.98. The Hall–Kier alpha value is -4.64. The number of anilines is 1. The maximum Gasteiger partial charge on any atom is 0.350 e. The van der Waals surface area contributed by atoms with Gasteiger partial charge in [0.2, 0.25) is 5.76 Å². The van der Waals surface area contributed by atoms with Gasteiger partial charge in [0.15, 0.2) is 10.6 Å². The quantitative estimate of drug-likeness (QED) is 0.162. The molecule has 1 aliphatic rings. The third kappa shape index (κ3) is 3.66. The number of ether oxygens (including phenoxy) is 1. The molecule has 0 N–H and O–H groups in total. The standard InChI is InChI=1S/C25H17N3O7S/c1-3-12-34-24(31)22-13(2)26-25(36-22)27-19(14-8-10-15(11-9-14)28(32)33)18-20(29)16-6-4-5-7-17(16)35-21(18)23(27)30/h3-11,19H,1,12H2,2H3. The second kappa shape index (κ2) is 8.86. The lowest BCUT2D eigenvalue weighted by Crippen LogP contribution is -2.29. The van der Waals surface area contributed by atoms with Gasteiger partial charge in [0.25, 0.3) is 11.6 Å². The summed E-state index contributed by atoms with van der Waals surface area (Å²) in [5.41, 5.74) is 0.598. The number of rotatable bonds is 6. The molecular weight excluding hydrogens is 486 g/mol. The average molecular weight is 503 g/mol. The summed E-state index contributed by atoms with van der Waals surface area (Å²) in [6, 6.07) is 11.1. The molecule has 0 aliphatic carbocycles. The highest BCUT2D eigenvalue weighted by molar-refractivity contribution is 7.17. The summed E-state index contributed by atoms with van der Waals surface area (Å²) in [6.45, 7) is 5.14. The highest BCUT2D eigenvalue weighted by Gasteiger charge is 2.45. The summed E-state index contributed by atoms with van der Waals surface area (Å²) in [5.74, 6) is -1.38. The number of para-hydroxylation sites is 1. The number of nitro benzene ring substituents is 1. The van der Waals surface area contributed by atoms with Gasteiger partial charge >= 0.3 is 5.97 Å². The predicted octanol–water partition coefficient (Wildman–Crippen LogP) is 4.56. The number of amides is 1. The van der Waals surface area contributed by atoms with E-state index in [0.29, 0.717) is 16.6 Å². The van der Waals surface area contributed by atoms with E-state index in [-0.39, 0.29) is 39.2 Å². The molecule has 0 bridgehead atoms. The molecule has 1 aliphatic heterocycles. The molecule has 5 rings (SSSR count). The van der Waals surface area contributed by atoms with Gasteiger partial charge < -0.3 is 9.15 Å². The zero-order chi connectivity index (χ0) is 25.6. The fourth-order valence-electron chi connectivity index (χ4n) is 4.09. The third-order valence-electron chi connectivity index (χ3n) is 5.71. The molecular formula is C25H17N3O7S. The van der Waals surface area contributed by atoms with E-state index in [1.807, 2.05) is 0 Å². The van der Waals surface area contributed by atoms with Crippen LogP contribution in [0.1, 0.15) is 43.1 Å². The molecule has 36 heavy (non-hydrogen) atoms. The maximum absolute atomic E-state index is 13.6. The van der Waals surface area contributed by atoms with Gasteiger partial charge in [-0.1, -0.05) is 36.1 Å². The van der Waals surface area contributed by atoms with Crippen molar-refractivity contribution in [2.24, 2.45) is 0 Å². The maximum atomic E-state index is 13.6. The average Bonchev–Trinajstić information content (AvgIpc) is 3.40. The largest absolute Gasteiger partial charge is 0.457 e. The fraction of sp³-hybridized carbons (Fsp3) is 0.120. The first kappa shape index (κ1) is 23.1. The zero-order valence-electron chi connectivity index (χ0n) is 18.8. The van der Waals surface area contributed by atoms with Crippen LogP contribution in [-0.2, 0) is 4.74 Å². The molecule has 2 aromatic carbocycles. The van der Waals surface area contributed by atoms with Gasteiger partial charge in [0.05, 0.1) is 27.6 Å². The molecule has 11 heteroatoms. The molecule has 0 spiro atoms. The number of thiazole rings is 1. The van der Waals surface area contributed by atoms with Crippen LogP contribution in [0.3, 0.4) is 0 Å². The smallest absolute Gasteiger partial charge is 0.350 e. The number of esters is 1. The van der Waals surface area contributed by atoms with Crippen LogP contribution in [0, 0.1) is 17.0 Å². The molecule has 1 amide bonds. The van der Waals surface area contributed by atoms with E-state index in [2.05, 4.69) is 11.6 Å². The lowest BCUT2D eigenvalue weighted by molar-refractivity contribution is -0.384. The van der Waals surface area contributed by atoms with Crippen LogP contribution >= 0.6 is 11.3 Å². The molecule has 0 saturated heterocycles. The Kier molecular flexibility index (Phi) is 5.69. The van der Waals surface area contributed by atoms with Crippen LogP contribution in [0.2, 0.25) is 0 Å². The SMILES string of the molecule is C=CCOC(=O)c1sc(N2C(=O)c3oc4ccccc4c(=O)c3C2c2ccc([N+](=O)[O-])cc2)nc1C. The number of aromatic nitrogens is 1. The first-order chi connectivity index (χ1) is 17.3. The van der Waals surface area contributed by atoms with Crippen LogP contribution in [0.5, 0.6) is 0 Å². The van der Waals surface area contributed by atoms with Crippen LogP contribution in [0.4, 0.5) is 10.8 Å². The summed E-state index contributed by atoms with van der Waals surface area (Å²) >= 11 is 0.939. The minimum Gasteiger partial charge on any atom is -0.457 e. The van der Waals surface area contributed by atoms with Crippen LogP contribution < -0.4 is 10.3 Å². The van der Waals surface area contributed by atoms with E-state index in [1.165, 1.54) is 35.2 Å². The van der Waals surface area contributed by atoms with Crippen molar-refractivity contribution in [2.45, 2.75) is 13.0 Å². The minimum atomic E-state index is -0.975. The van der Waals surface area contributed by atoms with Crippen molar-refractivity contribution in [2.75, 3.05) is 11.5 Å².